The van der Waals surface area contributed by atoms with Gasteiger partial charge in [0.15, 0.2) is 0 Å². The van der Waals surface area contributed by atoms with Gasteiger partial charge in [-0.05, 0) is 19.0 Å². The van der Waals surface area contributed by atoms with Crippen LogP contribution in [0.15, 0.2) is 18.2 Å². The fourth-order valence-electron chi connectivity index (χ4n) is 1.88. The molecule has 2 rings (SSSR count). The number of nitrogens with one attached hydrogen (secondary N) is 1. The van der Waals surface area contributed by atoms with Crippen molar-refractivity contribution in [2.45, 2.75) is 18.6 Å². The Labute approximate surface area is 108 Å². The average Bonchev–Trinajstić information content (AvgIpc) is 2.80. The molecule has 8 heteroatoms. The van der Waals surface area contributed by atoms with Crippen LogP contribution in [0.1, 0.15) is 18.2 Å². The predicted molar refractivity (Wildman–Crippen MR) is 67.4 cm³/mol. The van der Waals surface area contributed by atoms with Gasteiger partial charge in [-0.15, -0.1) is 0 Å². The van der Waals surface area contributed by atoms with Crippen molar-refractivity contribution in [2.75, 3.05) is 6.54 Å². The number of fused-ring (bicyclic) bond motifs is 1. The second-order valence-electron chi connectivity index (χ2n) is 4.19. The lowest BCUT2D eigenvalue weighted by atomic mass is 10.0. The molecule has 2 atom stereocenters. The zero-order valence-corrected chi connectivity index (χ0v) is 9.98. The molecule has 0 amide bonds. The zero-order chi connectivity index (χ0) is 14.0. The molecule has 0 bridgehead atoms. The minimum Gasteiger partial charge on any atom is -0.390 e. The van der Waals surface area contributed by atoms with E-state index in [1.165, 1.54) is 18.2 Å². The molecule has 0 fully saturated rings. The first kappa shape index (κ1) is 13.4. The summed E-state index contributed by atoms with van der Waals surface area (Å²) in [5, 5.41) is 37.4. The Morgan fingerprint density at radius 2 is 2.21 bits per heavy atom. The van der Waals surface area contributed by atoms with Gasteiger partial charge in [0.25, 0.3) is 5.69 Å². The summed E-state index contributed by atoms with van der Waals surface area (Å²) in [6.45, 7) is 0.227. The van der Waals surface area contributed by atoms with Crippen LogP contribution in [0, 0.1) is 10.1 Å². The minimum atomic E-state index is -1.21. The fourth-order valence-corrected chi connectivity index (χ4v) is 1.88. The van der Waals surface area contributed by atoms with Crippen LogP contribution in [0.5, 0.6) is 0 Å². The maximum absolute atomic E-state index is 10.7. The Hall–Kier alpha value is -2.03. The van der Waals surface area contributed by atoms with Crippen molar-refractivity contribution in [3.05, 3.63) is 34.0 Å². The van der Waals surface area contributed by atoms with Gasteiger partial charge in [-0.1, -0.05) is 0 Å². The zero-order valence-electron chi connectivity index (χ0n) is 9.98. The van der Waals surface area contributed by atoms with Crippen LogP contribution in [0.4, 0.5) is 5.69 Å². The van der Waals surface area contributed by atoms with Crippen molar-refractivity contribution >= 4 is 16.6 Å². The molecule has 1 heterocycles. The van der Waals surface area contributed by atoms with Crippen LogP contribution in [0.2, 0.25) is 0 Å². The molecular formula is C11H14N4O4. The van der Waals surface area contributed by atoms with Crippen molar-refractivity contribution < 1.29 is 15.1 Å². The first-order valence-corrected chi connectivity index (χ1v) is 5.73. The molecule has 5 N–H and O–H groups in total. The number of nitrogens with zero attached hydrogens (tertiary/aromatic N) is 2. The third kappa shape index (κ3) is 2.55. The van der Waals surface area contributed by atoms with Crippen molar-refractivity contribution in [1.82, 2.24) is 10.2 Å². The molecule has 0 radical (unpaired) electrons. The van der Waals surface area contributed by atoms with E-state index in [-0.39, 0.29) is 24.3 Å². The Balaban J connectivity index is 2.43. The second kappa shape index (κ2) is 5.31. The van der Waals surface area contributed by atoms with Crippen LogP contribution in [-0.2, 0) is 0 Å². The lowest BCUT2D eigenvalue weighted by molar-refractivity contribution is -0.384. The monoisotopic (exact) mass is 266 g/mol. The van der Waals surface area contributed by atoms with Gasteiger partial charge < -0.3 is 15.9 Å². The first-order chi connectivity index (χ1) is 9.04. The normalized spacial score (nSPS) is 14.5. The van der Waals surface area contributed by atoms with E-state index in [0.717, 1.165) is 0 Å². The van der Waals surface area contributed by atoms with E-state index in [1.54, 1.807) is 0 Å². The molecule has 102 valence electrons. The number of benzene rings is 1. The summed E-state index contributed by atoms with van der Waals surface area (Å²) in [6, 6.07) is 4.12. The number of aromatic amines is 1. The number of hydrogen-bond acceptors (Lipinski definition) is 6. The average molecular weight is 266 g/mol. The summed E-state index contributed by atoms with van der Waals surface area (Å²) in [5.74, 6) is 0. The number of hydrogen-bond donors (Lipinski definition) is 4. The third-order valence-electron chi connectivity index (χ3n) is 2.90. The van der Waals surface area contributed by atoms with Crippen LogP contribution >= 0.6 is 0 Å². The van der Waals surface area contributed by atoms with E-state index in [9.17, 15) is 20.3 Å². The quantitative estimate of drug-likeness (QED) is 0.451. The third-order valence-corrected chi connectivity index (χ3v) is 2.90. The van der Waals surface area contributed by atoms with Gasteiger partial charge >= 0.3 is 0 Å². The molecule has 2 unspecified atom stereocenters. The van der Waals surface area contributed by atoms with Crippen molar-refractivity contribution in [3.8, 4) is 0 Å². The minimum absolute atomic E-state index is 0.101. The summed E-state index contributed by atoms with van der Waals surface area (Å²) in [6.07, 6.45) is -2.04. The molecule has 0 spiro atoms. The van der Waals surface area contributed by atoms with Gasteiger partial charge in [0, 0.05) is 17.5 Å². The molecule has 2 aromatic rings. The van der Waals surface area contributed by atoms with Gasteiger partial charge in [-0.2, -0.15) is 5.10 Å². The van der Waals surface area contributed by atoms with E-state index >= 15 is 0 Å². The number of nitro groups is 1. The largest absolute Gasteiger partial charge is 0.390 e. The Kier molecular flexibility index (Phi) is 3.74. The van der Waals surface area contributed by atoms with Crippen LogP contribution in [0.25, 0.3) is 10.9 Å². The number of H-pyrrole nitrogens is 1. The van der Waals surface area contributed by atoms with E-state index in [4.69, 9.17) is 5.73 Å². The van der Waals surface area contributed by atoms with Crippen LogP contribution in [0.3, 0.4) is 0 Å². The second-order valence-corrected chi connectivity index (χ2v) is 4.19. The molecule has 0 aliphatic rings. The topological polar surface area (TPSA) is 138 Å². The van der Waals surface area contributed by atoms with Crippen molar-refractivity contribution in [1.29, 1.82) is 0 Å². The number of aliphatic hydroxyl groups is 2. The van der Waals surface area contributed by atoms with Gasteiger partial charge in [0.05, 0.1) is 22.2 Å². The number of nitrogens with two attached hydrogens (primary N) is 1. The Bertz CT molecular complexity index is 597. The lowest BCUT2D eigenvalue weighted by Crippen LogP contribution is -2.22. The van der Waals surface area contributed by atoms with Crippen molar-refractivity contribution in [2.24, 2.45) is 5.73 Å². The Morgan fingerprint density at radius 3 is 2.84 bits per heavy atom. The lowest BCUT2D eigenvalue weighted by Gasteiger charge is -2.15. The number of non-ortho nitro benzene ring substituents is 1. The highest BCUT2D eigenvalue weighted by molar-refractivity contribution is 5.84. The summed E-state index contributed by atoms with van der Waals surface area (Å²) in [4.78, 5) is 10.2. The standard InChI is InChI=1S/C11H14N4O4/c12-4-3-9(16)11(17)10-7-5-6(15(18)19)1-2-8(7)13-14-10/h1-2,5,9,11,16-17H,3-4,12H2,(H,13,14). The van der Waals surface area contributed by atoms with E-state index < -0.39 is 17.1 Å². The smallest absolute Gasteiger partial charge is 0.270 e. The maximum atomic E-state index is 10.7. The molecule has 19 heavy (non-hydrogen) atoms. The van der Waals surface area contributed by atoms with Gasteiger partial charge in [0.1, 0.15) is 6.10 Å². The highest BCUT2D eigenvalue weighted by atomic mass is 16.6. The maximum Gasteiger partial charge on any atom is 0.270 e. The first-order valence-electron chi connectivity index (χ1n) is 5.73. The molecule has 1 aromatic heterocycles. The molecular weight excluding hydrogens is 252 g/mol. The van der Waals surface area contributed by atoms with Crippen molar-refractivity contribution in [3.63, 3.8) is 0 Å². The van der Waals surface area contributed by atoms with Crippen LogP contribution in [-0.4, -0.2) is 38.0 Å². The van der Waals surface area contributed by atoms with E-state index in [0.29, 0.717) is 10.9 Å². The number of nitro benzene ring substituents is 1. The molecule has 0 saturated carbocycles. The predicted octanol–water partition coefficient (Wildman–Crippen LogP) is 0.214. The molecule has 0 aliphatic carbocycles. The van der Waals surface area contributed by atoms with Crippen LogP contribution < -0.4 is 5.73 Å². The van der Waals surface area contributed by atoms with E-state index in [2.05, 4.69) is 10.2 Å². The molecule has 0 aliphatic heterocycles. The highest BCUT2D eigenvalue weighted by Crippen LogP contribution is 2.27. The Morgan fingerprint density at radius 1 is 1.47 bits per heavy atom. The van der Waals surface area contributed by atoms with Gasteiger partial charge in [-0.25, -0.2) is 0 Å². The summed E-state index contributed by atoms with van der Waals surface area (Å²) in [5.41, 5.74) is 5.95. The van der Waals surface area contributed by atoms with Gasteiger partial charge in [-0.3, -0.25) is 15.2 Å². The van der Waals surface area contributed by atoms with E-state index in [1.807, 2.05) is 0 Å². The fraction of sp³-hybridized carbons (Fsp3) is 0.364. The molecule has 1 aromatic carbocycles. The number of aromatic nitrogens is 2. The summed E-state index contributed by atoms with van der Waals surface area (Å²) in [7, 11) is 0. The number of rotatable bonds is 5. The molecule has 0 saturated heterocycles. The summed E-state index contributed by atoms with van der Waals surface area (Å²) < 4.78 is 0. The molecule has 8 nitrogen and oxygen atoms in total. The SMILES string of the molecule is NCCC(O)C(O)c1[nH]nc2ccc([N+](=O)[O-])cc12. The highest BCUT2D eigenvalue weighted by Gasteiger charge is 2.23. The summed E-state index contributed by atoms with van der Waals surface area (Å²) >= 11 is 0. The number of aliphatic hydroxyl groups excluding tert-OH is 2. The van der Waals surface area contributed by atoms with Gasteiger partial charge in [0.2, 0.25) is 0 Å².